The first-order chi connectivity index (χ1) is 6.75. The van der Waals surface area contributed by atoms with Gasteiger partial charge in [0.15, 0.2) is 0 Å². The fourth-order valence-electron chi connectivity index (χ4n) is 1.13. The standard InChI is InChI=1S/C10H6BrFN2/c11-10-6-13-5-9(14-10)7-2-1-3-8(12)4-7/h1-6H. The fraction of sp³-hybridized carbons (Fsp3) is 0. The molecule has 2 nitrogen and oxygen atoms in total. The molecule has 1 heterocycles. The Morgan fingerprint density at radius 2 is 2.07 bits per heavy atom. The summed E-state index contributed by atoms with van der Waals surface area (Å²) in [4.78, 5) is 8.13. The number of rotatable bonds is 1. The molecule has 0 unspecified atom stereocenters. The van der Waals surface area contributed by atoms with Gasteiger partial charge in [-0.05, 0) is 28.1 Å². The van der Waals surface area contributed by atoms with E-state index >= 15 is 0 Å². The van der Waals surface area contributed by atoms with Crippen molar-refractivity contribution >= 4 is 15.9 Å². The van der Waals surface area contributed by atoms with Crippen molar-refractivity contribution in [3.63, 3.8) is 0 Å². The summed E-state index contributed by atoms with van der Waals surface area (Å²) in [5.41, 5.74) is 1.37. The van der Waals surface area contributed by atoms with Gasteiger partial charge < -0.3 is 0 Å². The van der Waals surface area contributed by atoms with Gasteiger partial charge >= 0.3 is 0 Å². The predicted molar refractivity (Wildman–Crippen MR) is 55.1 cm³/mol. The normalized spacial score (nSPS) is 10.1. The lowest BCUT2D eigenvalue weighted by Gasteiger charge is -1.99. The highest BCUT2D eigenvalue weighted by Crippen LogP contribution is 2.18. The average molecular weight is 253 g/mol. The van der Waals surface area contributed by atoms with Crippen LogP contribution < -0.4 is 0 Å². The van der Waals surface area contributed by atoms with Crippen LogP contribution in [0.15, 0.2) is 41.3 Å². The van der Waals surface area contributed by atoms with Gasteiger partial charge in [0.05, 0.1) is 18.1 Å². The molecule has 0 radical (unpaired) electrons. The molecule has 0 saturated carbocycles. The topological polar surface area (TPSA) is 25.8 Å². The Hall–Kier alpha value is -1.29. The first kappa shape index (κ1) is 9.27. The quantitative estimate of drug-likeness (QED) is 0.780. The summed E-state index contributed by atoms with van der Waals surface area (Å²) in [6.07, 6.45) is 3.18. The van der Waals surface area contributed by atoms with Crippen LogP contribution in [0.3, 0.4) is 0 Å². The van der Waals surface area contributed by atoms with Crippen molar-refractivity contribution in [3.8, 4) is 11.3 Å². The number of aromatic nitrogens is 2. The zero-order chi connectivity index (χ0) is 9.97. The molecule has 2 rings (SSSR count). The van der Waals surface area contributed by atoms with Crippen molar-refractivity contribution in [1.29, 1.82) is 0 Å². The van der Waals surface area contributed by atoms with E-state index in [4.69, 9.17) is 0 Å². The number of benzene rings is 1. The summed E-state index contributed by atoms with van der Waals surface area (Å²) in [5, 5.41) is 0. The molecule has 0 amide bonds. The van der Waals surface area contributed by atoms with Gasteiger partial charge in [0, 0.05) is 5.56 Å². The smallest absolute Gasteiger partial charge is 0.125 e. The van der Waals surface area contributed by atoms with Gasteiger partial charge in [0.2, 0.25) is 0 Å². The Bertz CT molecular complexity index is 416. The van der Waals surface area contributed by atoms with E-state index in [-0.39, 0.29) is 5.82 Å². The second-order valence-corrected chi connectivity index (χ2v) is 3.55. The van der Waals surface area contributed by atoms with Crippen LogP contribution in [0.25, 0.3) is 11.3 Å². The second kappa shape index (κ2) is 3.84. The summed E-state index contributed by atoms with van der Waals surface area (Å²) >= 11 is 3.21. The summed E-state index contributed by atoms with van der Waals surface area (Å²) in [6.45, 7) is 0. The van der Waals surface area contributed by atoms with Gasteiger partial charge in [-0.15, -0.1) is 0 Å². The minimum atomic E-state index is -0.274. The summed E-state index contributed by atoms with van der Waals surface area (Å²) in [6, 6.07) is 6.26. The van der Waals surface area contributed by atoms with Gasteiger partial charge in [-0.1, -0.05) is 12.1 Å². The molecule has 0 N–H and O–H groups in total. The number of nitrogens with zero attached hydrogens (tertiary/aromatic N) is 2. The Morgan fingerprint density at radius 3 is 2.79 bits per heavy atom. The van der Waals surface area contributed by atoms with E-state index in [9.17, 15) is 4.39 Å². The van der Waals surface area contributed by atoms with Gasteiger partial charge in [-0.2, -0.15) is 0 Å². The lowest BCUT2D eigenvalue weighted by atomic mass is 10.1. The van der Waals surface area contributed by atoms with E-state index < -0.39 is 0 Å². The zero-order valence-corrected chi connectivity index (χ0v) is 8.70. The molecule has 1 aromatic heterocycles. The molecule has 0 aliphatic rings. The molecule has 0 aliphatic carbocycles. The Balaban J connectivity index is 2.49. The molecule has 1 aromatic carbocycles. The number of hydrogen-bond donors (Lipinski definition) is 0. The van der Waals surface area contributed by atoms with Crippen LogP contribution in [0.4, 0.5) is 4.39 Å². The van der Waals surface area contributed by atoms with E-state index in [1.165, 1.54) is 12.1 Å². The van der Waals surface area contributed by atoms with Crippen LogP contribution in [0.5, 0.6) is 0 Å². The summed E-state index contributed by atoms with van der Waals surface area (Å²) in [7, 11) is 0. The van der Waals surface area contributed by atoms with Crippen molar-refractivity contribution in [2.45, 2.75) is 0 Å². The molecule has 0 bridgehead atoms. The largest absolute Gasteiger partial charge is 0.260 e. The lowest BCUT2D eigenvalue weighted by molar-refractivity contribution is 0.628. The summed E-state index contributed by atoms with van der Waals surface area (Å²) < 4.78 is 13.5. The van der Waals surface area contributed by atoms with Crippen LogP contribution in [0.2, 0.25) is 0 Å². The van der Waals surface area contributed by atoms with Gasteiger partial charge in [0.25, 0.3) is 0 Å². The van der Waals surface area contributed by atoms with Crippen LogP contribution in [-0.4, -0.2) is 9.97 Å². The monoisotopic (exact) mass is 252 g/mol. The van der Waals surface area contributed by atoms with E-state index in [2.05, 4.69) is 25.9 Å². The maximum absolute atomic E-state index is 12.9. The first-order valence-electron chi connectivity index (χ1n) is 3.99. The van der Waals surface area contributed by atoms with Crippen molar-refractivity contribution in [2.24, 2.45) is 0 Å². The minimum Gasteiger partial charge on any atom is -0.260 e. The van der Waals surface area contributed by atoms with Crippen LogP contribution in [0, 0.1) is 5.82 Å². The van der Waals surface area contributed by atoms with Gasteiger partial charge in [-0.25, -0.2) is 9.37 Å². The molecule has 2 aromatic rings. The molecule has 4 heteroatoms. The Kier molecular flexibility index (Phi) is 2.54. The highest BCUT2D eigenvalue weighted by Gasteiger charge is 2.01. The molecule has 14 heavy (non-hydrogen) atoms. The van der Waals surface area contributed by atoms with E-state index in [0.717, 1.165) is 5.56 Å². The molecule has 0 fully saturated rings. The molecule has 0 aliphatic heterocycles. The third kappa shape index (κ3) is 1.96. The second-order valence-electron chi connectivity index (χ2n) is 2.74. The van der Waals surface area contributed by atoms with Crippen LogP contribution in [0.1, 0.15) is 0 Å². The molecule has 70 valence electrons. The van der Waals surface area contributed by atoms with Gasteiger partial charge in [-0.3, -0.25) is 4.98 Å². The van der Waals surface area contributed by atoms with E-state index in [1.807, 2.05) is 0 Å². The molecular formula is C10H6BrFN2. The van der Waals surface area contributed by atoms with Crippen molar-refractivity contribution in [1.82, 2.24) is 9.97 Å². The average Bonchev–Trinajstić information content (AvgIpc) is 2.18. The summed E-state index contributed by atoms with van der Waals surface area (Å²) in [5.74, 6) is -0.274. The third-order valence-corrected chi connectivity index (χ3v) is 2.11. The van der Waals surface area contributed by atoms with E-state index in [0.29, 0.717) is 10.3 Å². The third-order valence-electron chi connectivity index (χ3n) is 1.73. The maximum Gasteiger partial charge on any atom is 0.125 e. The predicted octanol–water partition coefficient (Wildman–Crippen LogP) is 3.05. The number of halogens is 2. The Morgan fingerprint density at radius 1 is 1.21 bits per heavy atom. The highest BCUT2D eigenvalue weighted by molar-refractivity contribution is 9.10. The minimum absolute atomic E-state index is 0.274. The van der Waals surface area contributed by atoms with Crippen molar-refractivity contribution < 1.29 is 4.39 Å². The maximum atomic E-state index is 12.9. The SMILES string of the molecule is Fc1cccc(-c2cncc(Br)n2)c1. The molecule has 0 spiro atoms. The zero-order valence-electron chi connectivity index (χ0n) is 7.11. The number of hydrogen-bond acceptors (Lipinski definition) is 2. The first-order valence-corrected chi connectivity index (χ1v) is 4.78. The lowest BCUT2D eigenvalue weighted by Crippen LogP contribution is -1.86. The van der Waals surface area contributed by atoms with Crippen LogP contribution in [-0.2, 0) is 0 Å². The highest BCUT2D eigenvalue weighted by atomic mass is 79.9. The van der Waals surface area contributed by atoms with Crippen LogP contribution >= 0.6 is 15.9 Å². The molecule has 0 saturated heterocycles. The van der Waals surface area contributed by atoms with Crippen molar-refractivity contribution in [3.05, 3.63) is 47.1 Å². The molecular weight excluding hydrogens is 247 g/mol. The Labute approximate surface area is 89.0 Å². The van der Waals surface area contributed by atoms with Gasteiger partial charge in [0.1, 0.15) is 10.4 Å². The fourth-order valence-corrected chi connectivity index (χ4v) is 1.44. The molecule has 0 atom stereocenters. The van der Waals surface area contributed by atoms with Crippen molar-refractivity contribution in [2.75, 3.05) is 0 Å². The van der Waals surface area contributed by atoms with E-state index in [1.54, 1.807) is 24.5 Å².